The Morgan fingerprint density at radius 2 is 2.33 bits per heavy atom. The van der Waals surface area contributed by atoms with E-state index in [1.54, 1.807) is 7.11 Å². The van der Waals surface area contributed by atoms with Crippen LogP contribution < -0.4 is 10.1 Å². The molecule has 1 aliphatic rings. The van der Waals surface area contributed by atoms with Gasteiger partial charge in [-0.25, -0.2) is 4.79 Å². The number of halogens is 1. The molecule has 4 nitrogen and oxygen atoms in total. The van der Waals surface area contributed by atoms with Crippen LogP contribution in [-0.4, -0.2) is 19.7 Å². The zero-order valence-electron chi connectivity index (χ0n) is 10.7. The molecule has 1 heterocycles. The lowest BCUT2D eigenvalue weighted by Crippen LogP contribution is -2.13. The third-order valence-electron chi connectivity index (χ3n) is 3.19. The zero-order valence-corrected chi connectivity index (χ0v) is 11.4. The summed E-state index contributed by atoms with van der Waals surface area (Å²) in [6.45, 7) is 4.39. The van der Waals surface area contributed by atoms with Crippen molar-refractivity contribution in [3.8, 4) is 5.75 Å². The highest BCUT2D eigenvalue weighted by Gasteiger charge is 2.30. The highest BCUT2D eigenvalue weighted by molar-refractivity contribution is 6.31. The van der Waals surface area contributed by atoms with Crippen molar-refractivity contribution in [3.05, 3.63) is 27.8 Å². The molecule has 1 aromatic rings. The maximum absolute atomic E-state index is 11.2. The number of nitrogens with one attached hydrogen (secondary N) is 1. The third-order valence-corrected chi connectivity index (χ3v) is 3.58. The number of carbonyl (C=O) groups excluding carboxylic acids is 1. The SMILES string of the molecule is CCc1cc(Cl)c(C)c(C2CNC(=O)O2)c1OC. The molecular weight excluding hydrogens is 254 g/mol. The van der Waals surface area contributed by atoms with E-state index >= 15 is 0 Å². The molecule has 0 aliphatic carbocycles. The summed E-state index contributed by atoms with van der Waals surface area (Å²) in [5.41, 5.74) is 2.78. The molecule has 0 bridgehead atoms. The van der Waals surface area contributed by atoms with E-state index in [0.717, 1.165) is 28.9 Å². The van der Waals surface area contributed by atoms with Crippen LogP contribution in [0.4, 0.5) is 4.79 Å². The molecule has 0 saturated carbocycles. The Kier molecular flexibility index (Phi) is 3.66. The number of alkyl carbamates (subject to hydrolysis) is 1. The van der Waals surface area contributed by atoms with Crippen LogP contribution in [0.25, 0.3) is 0 Å². The predicted octanol–water partition coefficient (Wildman–Crippen LogP) is 3.00. The molecule has 0 aromatic heterocycles. The van der Waals surface area contributed by atoms with Gasteiger partial charge in [-0.1, -0.05) is 18.5 Å². The minimum absolute atomic E-state index is 0.337. The number of rotatable bonds is 3. The first-order chi connectivity index (χ1) is 8.58. The topological polar surface area (TPSA) is 47.6 Å². The highest BCUT2D eigenvalue weighted by atomic mass is 35.5. The van der Waals surface area contributed by atoms with E-state index < -0.39 is 6.09 Å². The fourth-order valence-electron chi connectivity index (χ4n) is 2.24. The van der Waals surface area contributed by atoms with Gasteiger partial charge in [0.1, 0.15) is 11.9 Å². The summed E-state index contributed by atoms with van der Waals surface area (Å²) in [6.07, 6.45) is 0.0699. The second kappa shape index (κ2) is 5.06. The predicted molar refractivity (Wildman–Crippen MR) is 69.3 cm³/mol. The van der Waals surface area contributed by atoms with E-state index in [0.29, 0.717) is 11.6 Å². The molecule has 1 aliphatic heterocycles. The molecule has 1 amide bonds. The largest absolute Gasteiger partial charge is 0.496 e. The molecule has 5 heteroatoms. The standard InChI is InChI=1S/C13H16ClNO3/c1-4-8-5-9(14)7(2)11(12(8)17-3)10-6-15-13(16)18-10/h5,10H,4,6H2,1-3H3,(H,15,16). The van der Waals surface area contributed by atoms with Crippen LogP contribution in [0.15, 0.2) is 6.07 Å². The van der Waals surface area contributed by atoms with E-state index in [1.165, 1.54) is 0 Å². The minimum atomic E-state index is -0.403. The number of methoxy groups -OCH3 is 1. The van der Waals surface area contributed by atoms with Gasteiger partial charge in [0.05, 0.1) is 13.7 Å². The summed E-state index contributed by atoms with van der Waals surface area (Å²) in [7, 11) is 1.62. The van der Waals surface area contributed by atoms with Crippen LogP contribution in [-0.2, 0) is 11.2 Å². The normalized spacial score (nSPS) is 18.4. The average molecular weight is 270 g/mol. The first-order valence-corrected chi connectivity index (χ1v) is 6.26. The zero-order chi connectivity index (χ0) is 13.3. The molecule has 1 aromatic carbocycles. The molecule has 98 valence electrons. The summed E-state index contributed by atoms with van der Waals surface area (Å²) >= 11 is 6.23. The second-order valence-electron chi connectivity index (χ2n) is 4.22. The van der Waals surface area contributed by atoms with Crippen LogP contribution in [0.3, 0.4) is 0 Å². The number of carbonyl (C=O) groups is 1. The molecular formula is C13H16ClNO3. The molecule has 1 atom stereocenters. The van der Waals surface area contributed by atoms with Gasteiger partial charge in [0, 0.05) is 10.6 Å². The quantitative estimate of drug-likeness (QED) is 0.918. The van der Waals surface area contributed by atoms with Gasteiger partial charge >= 0.3 is 6.09 Å². The number of amides is 1. The Labute approximate surface area is 111 Å². The van der Waals surface area contributed by atoms with E-state index in [1.807, 2.05) is 19.9 Å². The number of ether oxygens (including phenoxy) is 2. The summed E-state index contributed by atoms with van der Waals surface area (Å²) in [4.78, 5) is 11.2. The number of hydrogen-bond acceptors (Lipinski definition) is 3. The molecule has 0 radical (unpaired) electrons. The van der Waals surface area contributed by atoms with Crippen molar-refractivity contribution in [3.63, 3.8) is 0 Å². The molecule has 1 fully saturated rings. The van der Waals surface area contributed by atoms with Gasteiger partial charge in [-0.2, -0.15) is 0 Å². The molecule has 0 spiro atoms. The fraction of sp³-hybridized carbons (Fsp3) is 0.462. The van der Waals surface area contributed by atoms with Crippen molar-refractivity contribution < 1.29 is 14.3 Å². The van der Waals surface area contributed by atoms with Gasteiger partial charge in [-0.05, 0) is 30.5 Å². The van der Waals surface area contributed by atoms with Crippen LogP contribution >= 0.6 is 11.6 Å². The van der Waals surface area contributed by atoms with Gasteiger partial charge in [-0.3, -0.25) is 0 Å². The van der Waals surface area contributed by atoms with Crippen LogP contribution in [0.1, 0.15) is 29.7 Å². The van der Waals surface area contributed by atoms with Gasteiger partial charge in [-0.15, -0.1) is 0 Å². The number of benzene rings is 1. The summed E-state index contributed by atoms with van der Waals surface area (Å²) in [5, 5.41) is 3.32. The number of hydrogen-bond donors (Lipinski definition) is 1. The number of aryl methyl sites for hydroxylation is 1. The van der Waals surface area contributed by atoms with Crippen LogP contribution in [0.2, 0.25) is 5.02 Å². The first kappa shape index (κ1) is 13.0. The Bertz CT molecular complexity index is 488. The average Bonchev–Trinajstić information content (AvgIpc) is 2.78. The van der Waals surface area contributed by atoms with Crippen molar-refractivity contribution in [1.29, 1.82) is 0 Å². The van der Waals surface area contributed by atoms with E-state index in [9.17, 15) is 4.79 Å². The lowest BCUT2D eigenvalue weighted by molar-refractivity contribution is 0.139. The van der Waals surface area contributed by atoms with Gasteiger partial charge in [0.25, 0.3) is 0 Å². The molecule has 2 rings (SSSR count). The minimum Gasteiger partial charge on any atom is -0.496 e. The summed E-state index contributed by atoms with van der Waals surface area (Å²) < 4.78 is 10.7. The molecule has 1 saturated heterocycles. The second-order valence-corrected chi connectivity index (χ2v) is 4.63. The molecule has 1 unspecified atom stereocenters. The van der Waals surface area contributed by atoms with Crippen LogP contribution in [0, 0.1) is 6.92 Å². The lowest BCUT2D eigenvalue weighted by atomic mass is 9.97. The smallest absolute Gasteiger partial charge is 0.407 e. The van der Waals surface area contributed by atoms with E-state index in [-0.39, 0.29) is 6.10 Å². The number of cyclic esters (lactones) is 1. The Morgan fingerprint density at radius 1 is 1.61 bits per heavy atom. The summed E-state index contributed by atoms with van der Waals surface area (Å²) in [6, 6.07) is 1.91. The van der Waals surface area contributed by atoms with E-state index in [4.69, 9.17) is 21.1 Å². The fourth-order valence-corrected chi connectivity index (χ4v) is 2.47. The van der Waals surface area contributed by atoms with Gasteiger partial charge in [0.15, 0.2) is 0 Å². The monoisotopic (exact) mass is 269 g/mol. The molecule has 1 N–H and O–H groups in total. The Balaban J connectivity index is 2.55. The van der Waals surface area contributed by atoms with Crippen molar-refractivity contribution in [2.45, 2.75) is 26.4 Å². The van der Waals surface area contributed by atoms with Crippen molar-refractivity contribution in [1.82, 2.24) is 5.32 Å². The maximum atomic E-state index is 11.2. The first-order valence-electron chi connectivity index (χ1n) is 5.88. The maximum Gasteiger partial charge on any atom is 0.407 e. The highest BCUT2D eigenvalue weighted by Crippen LogP contribution is 2.39. The van der Waals surface area contributed by atoms with Gasteiger partial charge < -0.3 is 14.8 Å². The van der Waals surface area contributed by atoms with Crippen molar-refractivity contribution >= 4 is 17.7 Å². The molecule has 18 heavy (non-hydrogen) atoms. The third kappa shape index (κ3) is 2.12. The van der Waals surface area contributed by atoms with Crippen molar-refractivity contribution in [2.75, 3.05) is 13.7 Å². The summed E-state index contributed by atoms with van der Waals surface area (Å²) in [5.74, 6) is 0.765. The van der Waals surface area contributed by atoms with Gasteiger partial charge in [0.2, 0.25) is 0 Å². The Hall–Kier alpha value is -1.42. The van der Waals surface area contributed by atoms with E-state index in [2.05, 4.69) is 5.32 Å². The lowest BCUT2D eigenvalue weighted by Gasteiger charge is -2.19. The Morgan fingerprint density at radius 3 is 2.83 bits per heavy atom. The van der Waals surface area contributed by atoms with Crippen molar-refractivity contribution in [2.24, 2.45) is 0 Å². The van der Waals surface area contributed by atoms with Crippen LogP contribution in [0.5, 0.6) is 5.75 Å².